The lowest BCUT2D eigenvalue weighted by molar-refractivity contribution is -0.121. The molecule has 0 aliphatic rings. The first kappa shape index (κ1) is 21.1. The van der Waals surface area contributed by atoms with Crippen molar-refractivity contribution in [3.8, 4) is 0 Å². The van der Waals surface area contributed by atoms with Gasteiger partial charge in [0.15, 0.2) is 0 Å². The molecule has 1 N–H and O–H groups in total. The van der Waals surface area contributed by atoms with Crippen LogP contribution < -0.4 is 5.32 Å². The van der Waals surface area contributed by atoms with Crippen LogP contribution in [0.2, 0.25) is 0 Å². The van der Waals surface area contributed by atoms with Gasteiger partial charge < -0.3 is 5.32 Å². The Kier molecular flexibility index (Phi) is 7.56. The third-order valence-electron chi connectivity index (χ3n) is 4.59. The number of nitrogens with one attached hydrogen (secondary N) is 1. The summed E-state index contributed by atoms with van der Waals surface area (Å²) >= 11 is 0. The molecule has 0 bridgehead atoms. The number of sulfonamides is 1. The molecule has 0 spiro atoms. The summed E-state index contributed by atoms with van der Waals surface area (Å²) in [5, 5.41) is 2.80. The second-order valence-electron chi connectivity index (χ2n) is 6.77. The van der Waals surface area contributed by atoms with Crippen molar-refractivity contribution in [1.29, 1.82) is 0 Å². The van der Waals surface area contributed by atoms with Crippen LogP contribution in [0.25, 0.3) is 0 Å². The molecule has 27 heavy (non-hydrogen) atoms. The highest BCUT2D eigenvalue weighted by molar-refractivity contribution is 7.89. The molecule has 0 aliphatic carbocycles. The van der Waals surface area contributed by atoms with Crippen LogP contribution in [0, 0.1) is 13.8 Å². The van der Waals surface area contributed by atoms with Gasteiger partial charge in [0.2, 0.25) is 15.9 Å². The van der Waals surface area contributed by atoms with Crippen LogP contribution in [-0.2, 0) is 21.2 Å². The quantitative estimate of drug-likeness (QED) is 0.718. The van der Waals surface area contributed by atoms with Gasteiger partial charge in [0.05, 0.1) is 4.90 Å². The average molecular weight is 389 g/mol. The lowest BCUT2D eigenvalue weighted by Crippen LogP contribution is -2.36. The topological polar surface area (TPSA) is 66.5 Å². The van der Waals surface area contributed by atoms with E-state index in [1.165, 1.54) is 22.5 Å². The van der Waals surface area contributed by atoms with E-state index in [0.29, 0.717) is 13.0 Å². The van der Waals surface area contributed by atoms with Gasteiger partial charge in [0, 0.05) is 26.6 Å². The summed E-state index contributed by atoms with van der Waals surface area (Å²) in [5.41, 5.74) is 3.50. The minimum absolute atomic E-state index is 0.0512. The molecule has 0 saturated carbocycles. The Bertz CT molecular complexity index is 861. The first-order chi connectivity index (χ1) is 12.8. The highest BCUT2D eigenvalue weighted by Crippen LogP contribution is 2.14. The molecule has 5 nitrogen and oxygen atoms in total. The van der Waals surface area contributed by atoms with E-state index in [1.54, 1.807) is 24.3 Å². The van der Waals surface area contributed by atoms with Gasteiger partial charge >= 0.3 is 0 Å². The Balaban J connectivity index is 1.74. The first-order valence-electron chi connectivity index (χ1n) is 9.15. The van der Waals surface area contributed by atoms with Crippen molar-refractivity contribution in [2.75, 3.05) is 20.1 Å². The van der Waals surface area contributed by atoms with Gasteiger partial charge in [-0.2, -0.15) is 4.31 Å². The van der Waals surface area contributed by atoms with Crippen molar-refractivity contribution in [2.45, 2.75) is 38.0 Å². The van der Waals surface area contributed by atoms with E-state index in [-0.39, 0.29) is 17.3 Å². The molecule has 0 unspecified atom stereocenters. The number of nitrogens with zero attached hydrogens (tertiary/aromatic N) is 1. The van der Waals surface area contributed by atoms with Gasteiger partial charge in [-0.3, -0.25) is 4.79 Å². The summed E-state index contributed by atoms with van der Waals surface area (Å²) in [4.78, 5) is 12.2. The number of hydrogen-bond donors (Lipinski definition) is 1. The number of hydrogen-bond acceptors (Lipinski definition) is 3. The fourth-order valence-electron chi connectivity index (χ4n) is 2.78. The summed E-state index contributed by atoms with van der Waals surface area (Å²) in [6.45, 7) is 4.51. The summed E-state index contributed by atoms with van der Waals surface area (Å²) in [6.07, 6.45) is 2.07. The molecule has 0 radical (unpaired) electrons. The van der Waals surface area contributed by atoms with Gasteiger partial charge in [-0.15, -0.1) is 0 Å². The van der Waals surface area contributed by atoms with Gasteiger partial charge in [-0.1, -0.05) is 42.0 Å². The zero-order valence-corrected chi connectivity index (χ0v) is 17.1. The number of carbonyl (C=O) groups excluding carboxylic acids is 1. The minimum Gasteiger partial charge on any atom is -0.355 e. The molecule has 2 rings (SSSR count). The molecule has 1 amide bonds. The van der Waals surface area contributed by atoms with Crippen LogP contribution in [0.3, 0.4) is 0 Å². The van der Waals surface area contributed by atoms with Crippen LogP contribution in [0.15, 0.2) is 53.4 Å². The van der Waals surface area contributed by atoms with Crippen LogP contribution in [0.1, 0.15) is 29.5 Å². The highest BCUT2D eigenvalue weighted by atomic mass is 32.2. The zero-order valence-electron chi connectivity index (χ0n) is 16.2. The highest BCUT2D eigenvalue weighted by Gasteiger charge is 2.20. The van der Waals surface area contributed by atoms with Crippen LogP contribution >= 0.6 is 0 Å². The lowest BCUT2D eigenvalue weighted by Gasteiger charge is -2.17. The number of rotatable bonds is 9. The number of amides is 1. The molecule has 0 heterocycles. The standard InChI is InChI=1S/C21H28N2O3S/c1-17-11-13-20(14-12-17)27(25,26)23(3)16-15-22-21(24)10-6-9-19-8-5-4-7-18(19)2/h4-5,7-8,11-14H,6,9-10,15-16H2,1-3H3,(H,22,24). The van der Waals surface area contributed by atoms with Crippen molar-refractivity contribution < 1.29 is 13.2 Å². The SMILES string of the molecule is Cc1ccc(S(=O)(=O)N(C)CCNC(=O)CCCc2ccccc2C)cc1. The van der Waals surface area contributed by atoms with Gasteiger partial charge in [-0.25, -0.2) is 8.42 Å². The van der Waals surface area contributed by atoms with Crippen LogP contribution in [-0.4, -0.2) is 38.8 Å². The van der Waals surface area contributed by atoms with E-state index >= 15 is 0 Å². The number of benzene rings is 2. The molecule has 0 fully saturated rings. The Hall–Kier alpha value is -2.18. The summed E-state index contributed by atoms with van der Waals surface area (Å²) in [7, 11) is -2.00. The fourth-order valence-corrected chi connectivity index (χ4v) is 3.95. The lowest BCUT2D eigenvalue weighted by atomic mass is 10.0. The largest absolute Gasteiger partial charge is 0.355 e. The molecular formula is C21H28N2O3S. The maximum Gasteiger partial charge on any atom is 0.242 e. The Morgan fingerprint density at radius 1 is 1.04 bits per heavy atom. The second kappa shape index (κ2) is 9.67. The first-order valence-corrected chi connectivity index (χ1v) is 10.6. The van der Waals surface area contributed by atoms with Crippen LogP contribution in [0.4, 0.5) is 0 Å². The maximum atomic E-state index is 12.5. The second-order valence-corrected chi connectivity index (χ2v) is 8.81. The van der Waals surface area contributed by atoms with Crippen molar-refractivity contribution in [2.24, 2.45) is 0 Å². The van der Waals surface area contributed by atoms with E-state index in [2.05, 4.69) is 24.4 Å². The fraction of sp³-hybridized carbons (Fsp3) is 0.381. The molecule has 0 aromatic heterocycles. The molecule has 2 aromatic rings. The number of aryl methyl sites for hydroxylation is 3. The van der Waals surface area contributed by atoms with Gasteiger partial charge in [0.1, 0.15) is 0 Å². The van der Waals surface area contributed by atoms with E-state index in [1.807, 2.05) is 19.1 Å². The monoisotopic (exact) mass is 388 g/mol. The van der Waals surface area contributed by atoms with Gasteiger partial charge in [-0.05, 0) is 49.9 Å². The normalized spacial score (nSPS) is 11.6. The predicted molar refractivity (Wildman–Crippen MR) is 108 cm³/mol. The van der Waals surface area contributed by atoms with Crippen molar-refractivity contribution in [3.63, 3.8) is 0 Å². The molecule has 146 valence electrons. The minimum atomic E-state index is -3.53. The zero-order chi connectivity index (χ0) is 19.9. The molecule has 0 aliphatic heterocycles. The van der Waals surface area contributed by atoms with E-state index < -0.39 is 10.0 Å². The molecule has 6 heteroatoms. The van der Waals surface area contributed by atoms with E-state index in [4.69, 9.17) is 0 Å². The van der Waals surface area contributed by atoms with E-state index in [0.717, 1.165) is 18.4 Å². The van der Waals surface area contributed by atoms with Crippen molar-refractivity contribution in [3.05, 3.63) is 65.2 Å². The van der Waals surface area contributed by atoms with Crippen molar-refractivity contribution in [1.82, 2.24) is 9.62 Å². The molecule has 2 aromatic carbocycles. The maximum absolute atomic E-state index is 12.5. The van der Waals surface area contributed by atoms with Crippen LogP contribution in [0.5, 0.6) is 0 Å². The number of carbonyl (C=O) groups is 1. The van der Waals surface area contributed by atoms with Gasteiger partial charge in [0.25, 0.3) is 0 Å². The predicted octanol–water partition coefficient (Wildman–Crippen LogP) is 3.06. The smallest absolute Gasteiger partial charge is 0.242 e. The molecular weight excluding hydrogens is 360 g/mol. The Labute approximate surface area is 162 Å². The molecule has 0 atom stereocenters. The third-order valence-corrected chi connectivity index (χ3v) is 6.46. The summed E-state index contributed by atoms with van der Waals surface area (Å²) in [5.74, 6) is -0.0512. The molecule has 0 saturated heterocycles. The van der Waals surface area contributed by atoms with Crippen molar-refractivity contribution >= 4 is 15.9 Å². The summed E-state index contributed by atoms with van der Waals surface area (Å²) < 4.78 is 26.3. The Morgan fingerprint density at radius 2 is 1.70 bits per heavy atom. The average Bonchev–Trinajstić information content (AvgIpc) is 2.63. The van der Waals surface area contributed by atoms with E-state index in [9.17, 15) is 13.2 Å². The third kappa shape index (κ3) is 6.19. The summed E-state index contributed by atoms with van der Waals surface area (Å²) in [6, 6.07) is 14.9. The Morgan fingerprint density at radius 3 is 2.37 bits per heavy atom. The number of likely N-dealkylation sites (N-methyl/N-ethyl adjacent to an activating group) is 1.